The molecule has 1 heterocycles. The first-order valence-electron chi connectivity index (χ1n) is 5.64. The van der Waals surface area contributed by atoms with Crippen molar-refractivity contribution >= 4 is 10.0 Å². The number of nitriles is 1. The molecule has 1 aromatic rings. The number of rotatable bonds is 2. The van der Waals surface area contributed by atoms with Crippen molar-refractivity contribution in [2.75, 3.05) is 13.1 Å². The fourth-order valence-electron chi connectivity index (χ4n) is 2.02. The Morgan fingerprint density at radius 2 is 2.22 bits per heavy atom. The lowest BCUT2D eigenvalue weighted by atomic mass is 10.2. The van der Waals surface area contributed by atoms with Gasteiger partial charge in [0.1, 0.15) is 0 Å². The Labute approximate surface area is 106 Å². The van der Waals surface area contributed by atoms with E-state index in [0.717, 1.165) is 0 Å². The topological polar surface area (TPSA) is 81.4 Å². The molecule has 1 saturated heterocycles. The quantitative estimate of drug-likeness (QED) is 0.851. The molecule has 1 fully saturated rings. The molecule has 2 rings (SSSR count). The SMILES string of the molecule is Cc1ccc(C#N)cc1S(=O)(=O)N1CC[C@@H](O)C1. The summed E-state index contributed by atoms with van der Waals surface area (Å²) in [5, 5.41) is 18.2. The van der Waals surface area contributed by atoms with Crippen molar-refractivity contribution in [1.82, 2.24) is 4.31 Å². The number of aryl methyl sites for hydroxylation is 1. The first-order chi connectivity index (χ1) is 8.45. The Morgan fingerprint density at radius 1 is 1.50 bits per heavy atom. The fourth-order valence-corrected chi connectivity index (χ4v) is 3.76. The van der Waals surface area contributed by atoms with Gasteiger partial charge in [-0.25, -0.2) is 8.42 Å². The van der Waals surface area contributed by atoms with E-state index in [4.69, 9.17) is 5.26 Å². The van der Waals surface area contributed by atoms with E-state index in [9.17, 15) is 13.5 Å². The summed E-state index contributed by atoms with van der Waals surface area (Å²) in [6.45, 7) is 2.14. The monoisotopic (exact) mass is 266 g/mol. The van der Waals surface area contributed by atoms with Crippen molar-refractivity contribution in [3.8, 4) is 6.07 Å². The zero-order valence-corrected chi connectivity index (χ0v) is 10.8. The van der Waals surface area contributed by atoms with E-state index in [0.29, 0.717) is 24.1 Å². The molecule has 1 aliphatic heterocycles. The maximum absolute atomic E-state index is 12.4. The van der Waals surface area contributed by atoms with Crippen LogP contribution in [-0.2, 0) is 10.0 Å². The Hall–Kier alpha value is -1.42. The summed E-state index contributed by atoms with van der Waals surface area (Å²) in [4.78, 5) is 0.149. The van der Waals surface area contributed by atoms with Gasteiger partial charge in [0, 0.05) is 13.1 Å². The molecule has 0 aromatic heterocycles. The summed E-state index contributed by atoms with van der Waals surface area (Å²) in [7, 11) is -3.61. The molecule has 0 saturated carbocycles. The van der Waals surface area contributed by atoms with Crippen molar-refractivity contribution in [2.45, 2.75) is 24.3 Å². The minimum atomic E-state index is -3.61. The standard InChI is InChI=1S/C12H14N2O3S/c1-9-2-3-10(7-13)6-12(9)18(16,17)14-5-4-11(15)8-14/h2-3,6,11,15H,4-5,8H2,1H3/t11-/m1/s1. The van der Waals surface area contributed by atoms with E-state index < -0.39 is 16.1 Å². The van der Waals surface area contributed by atoms with Gasteiger partial charge in [-0.05, 0) is 31.0 Å². The zero-order chi connectivity index (χ0) is 13.3. The predicted octanol–water partition coefficient (Wildman–Crippen LogP) is 0.622. The molecule has 1 N–H and O–H groups in total. The Morgan fingerprint density at radius 3 is 2.78 bits per heavy atom. The lowest BCUT2D eigenvalue weighted by Gasteiger charge is -2.17. The third-order valence-corrected chi connectivity index (χ3v) is 5.07. The first-order valence-corrected chi connectivity index (χ1v) is 7.08. The number of nitrogens with zero attached hydrogens (tertiary/aromatic N) is 2. The minimum Gasteiger partial charge on any atom is -0.392 e. The number of sulfonamides is 1. The van der Waals surface area contributed by atoms with Crippen LogP contribution in [0.25, 0.3) is 0 Å². The molecule has 0 spiro atoms. The van der Waals surface area contributed by atoms with E-state index >= 15 is 0 Å². The van der Waals surface area contributed by atoms with E-state index in [1.807, 2.05) is 6.07 Å². The molecule has 96 valence electrons. The Bertz CT molecular complexity index is 604. The Kier molecular flexibility index (Phi) is 3.39. The number of aliphatic hydroxyl groups excluding tert-OH is 1. The van der Waals surface area contributed by atoms with Gasteiger partial charge in [0.05, 0.1) is 22.6 Å². The van der Waals surface area contributed by atoms with Crippen LogP contribution in [0.15, 0.2) is 23.1 Å². The van der Waals surface area contributed by atoms with Gasteiger partial charge in [0.15, 0.2) is 0 Å². The van der Waals surface area contributed by atoms with Crippen LogP contribution in [0.4, 0.5) is 0 Å². The molecule has 0 amide bonds. The van der Waals surface area contributed by atoms with Crippen LogP contribution in [0, 0.1) is 18.3 Å². The average Bonchev–Trinajstić information content (AvgIpc) is 2.77. The van der Waals surface area contributed by atoms with Crippen LogP contribution in [-0.4, -0.2) is 37.0 Å². The van der Waals surface area contributed by atoms with Crippen molar-refractivity contribution < 1.29 is 13.5 Å². The average molecular weight is 266 g/mol. The molecule has 0 unspecified atom stereocenters. The summed E-state index contributed by atoms with van der Waals surface area (Å²) in [5.41, 5.74) is 0.925. The highest BCUT2D eigenvalue weighted by Gasteiger charge is 2.32. The molecule has 0 bridgehead atoms. The highest BCUT2D eigenvalue weighted by Crippen LogP contribution is 2.24. The molecular formula is C12H14N2O3S. The van der Waals surface area contributed by atoms with Gasteiger partial charge < -0.3 is 5.11 Å². The predicted molar refractivity (Wildman–Crippen MR) is 65.3 cm³/mol. The summed E-state index contributed by atoms with van der Waals surface area (Å²) >= 11 is 0. The zero-order valence-electron chi connectivity index (χ0n) is 10.00. The van der Waals surface area contributed by atoms with Gasteiger partial charge >= 0.3 is 0 Å². The maximum Gasteiger partial charge on any atom is 0.243 e. The van der Waals surface area contributed by atoms with Crippen LogP contribution in [0.5, 0.6) is 0 Å². The van der Waals surface area contributed by atoms with Crippen LogP contribution < -0.4 is 0 Å². The summed E-state index contributed by atoms with van der Waals surface area (Å²) in [5.74, 6) is 0. The molecule has 1 aliphatic rings. The maximum atomic E-state index is 12.4. The first kappa shape index (κ1) is 13.0. The van der Waals surface area contributed by atoms with E-state index in [1.165, 1.54) is 10.4 Å². The fraction of sp³-hybridized carbons (Fsp3) is 0.417. The van der Waals surface area contributed by atoms with Crippen molar-refractivity contribution in [3.05, 3.63) is 29.3 Å². The van der Waals surface area contributed by atoms with Gasteiger partial charge in [-0.2, -0.15) is 9.57 Å². The lowest BCUT2D eigenvalue weighted by molar-refractivity contribution is 0.189. The number of hydrogen-bond donors (Lipinski definition) is 1. The minimum absolute atomic E-state index is 0.124. The number of hydrogen-bond acceptors (Lipinski definition) is 4. The van der Waals surface area contributed by atoms with Crippen LogP contribution >= 0.6 is 0 Å². The van der Waals surface area contributed by atoms with Gasteiger partial charge in [0.25, 0.3) is 0 Å². The second-order valence-electron chi connectivity index (χ2n) is 4.40. The molecule has 6 heteroatoms. The molecule has 5 nitrogen and oxygen atoms in total. The molecular weight excluding hydrogens is 252 g/mol. The molecule has 1 aromatic carbocycles. The molecule has 0 radical (unpaired) electrons. The summed E-state index contributed by atoms with van der Waals surface area (Å²) in [6.07, 6.45) is -0.143. The second kappa shape index (κ2) is 4.69. The van der Waals surface area contributed by atoms with E-state index in [1.54, 1.807) is 19.1 Å². The molecule has 18 heavy (non-hydrogen) atoms. The van der Waals surface area contributed by atoms with E-state index in [-0.39, 0.29) is 11.4 Å². The van der Waals surface area contributed by atoms with E-state index in [2.05, 4.69) is 0 Å². The van der Waals surface area contributed by atoms with Gasteiger partial charge in [-0.15, -0.1) is 0 Å². The van der Waals surface area contributed by atoms with Crippen molar-refractivity contribution in [3.63, 3.8) is 0 Å². The third-order valence-electron chi connectivity index (χ3n) is 3.06. The Balaban J connectivity index is 2.45. The lowest BCUT2D eigenvalue weighted by Crippen LogP contribution is -2.30. The highest BCUT2D eigenvalue weighted by atomic mass is 32.2. The van der Waals surface area contributed by atoms with Crippen molar-refractivity contribution in [2.24, 2.45) is 0 Å². The van der Waals surface area contributed by atoms with Gasteiger partial charge in [-0.1, -0.05) is 6.07 Å². The van der Waals surface area contributed by atoms with Gasteiger partial charge in [0.2, 0.25) is 10.0 Å². The molecule has 0 aliphatic carbocycles. The third kappa shape index (κ3) is 2.25. The van der Waals surface area contributed by atoms with Crippen LogP contribution in [0.1, 0.15) is 17.5 Å². The van der Waals surface area contributed by atoms with Crippen LogP contribution in [0.3, 0.4) is 0 Å². The number of β-amino-alcohol motifs (C(OH)–C–C–N with tert-alkyl or cyclic N) is 1. The largest absolute Gasteiger partial charge is 0.392 e. The smallest absolute Gasteiger partial charge is 0.243 e. The normalized spacial score (nSPS) is 20.8. The van der Waals surface area contributed by atoms with Crippen LogP contribution in [0.2, 0.25) is 0 Å². The molecule has 1 atom stereocenters. The van der Waals surface area contributed by atoms with Gasteiger partial charge in [-0.3, -0.25) is 0 Å². The highest BCUT2D eigenvalue weighted by molar-refractivity contribution is 7.89. The second-order valence-corrected chi connectivity index (χ2v) is 6.30. The number of aliphatic hydroxyl groups is 1. The van der Waals surface area contributed by atoms with Crippen molar-refractivity contribution in [1.29, 1.82) is 5.26 Å². The summed E-state index contributed by atoms with van der Waals surface area (Å²) < 4.78 is 26.0. The number of benzene rings is 1. The summed E-state index contributed by atoms with van der Waals surface area (Å²) in [6, 6.07) is 6.53.